The van der Waals surface area contributed by atoms with Gasteiger partial charge in [0.05, 0.1) is 0 Å². The van der Waals surface area contributed by atoms with Crippen LogP contribution in [-0.2, 0) is 11.3 Å². The number of nitrogens with one attached hydrogen (secondary N) is 2. The lowest BCUT2D eigenvalue weighted by Gasteiger charge is -2.35. The van der Waals surface area contributed by atoms with Crippen molar-refractivity contribution in [3.63, 3.8) is 0 Å². The first-order chi connectivity index (χ1) is 13.0. The molecule has 3 rings (SSSR count). The van der Waals surface area contributed by atoms with Crippen molar-refractivity contribution in [2.24, 2.45) is 0 Å². The van der Waals surface area contributed by atoms with Crippen molar-refractivity contribution in [3.05, 3.63) is 40.9 Å². The number of carbonyl (C=O) groups excluding carboxylic acids is 2. The largest absolute Gasteiger partial charge is 0.326 e. The summed E-state index contributed by atoms with van der Waals surface area (Å²) in [4.78, 5) is 28.7. The van der Waals surface area contributed by atoms with Crippen LogP contribution in [0.25, 0.3) is 0 Å². The van der Waals surface area contributed by atoms with Crippen LogP contribution in [0, 0.1) is 6.92 Å². The van der Waals surface area contributed by atoms with Crippen molar-refractivity contribution in [2.75, 3.05) is 31.5 Å². The molecular formula is C18H24N6O2S. The maximum Gasteiger partial charge on any atom is 0.318 e. The second-order valence-corrected chi connectivity index (χ2v) is 7.72. The fraction of sp³-hybridized carbons (Fsp3) is 0.444. The zero-order chi connectivity index (χ0) is 19.2. The molecule has 1 aromatic heterocycles. The van der Waals surface area contributed by atoms with Crippen LogP contribution in [0.15, 0.2) is 30.3 Å². The Labute approximate surface area is 162 Å². The monoisotopic (exact) mass is 388 g/mol. The molecule has 2 aromatic rings. The fourth-order valence-electron chi connectivity index (χ4n) is 2.85. The normalized spacial score (nSPS) is 16.0. The predicted octanol–water partition coefficient (Wildman–Crippen LogP) is 1.70. The van der Waals surface area contributed by atoms with Gasteiger partial charge in [-0.3, -0.25) is 15.0 Å². The Kier molecular flexibility index (Phi) is 6.36. The summed E-state index contributed by atoms with van der Waals surface area (Å²) in [5.74, 6) is -0.304. The summed E-state index contributed by atoms with van der Waals surface area (Å²) < 4.78 is 0. The van der Waals surface area contributed by atoms with E-state index in [0.29, 0.717) is 18.2 Å². The molecule has 0 aliphatic carbocycles. The molecule has 0 radical (unpaired) electrons. The van der Waals surface area contributed by atoms with Crippen LogP contribution in [0.4, 0.5) is 9.93 Å². The van der Waals surface area contributed by atoms with E-state index < -0.39 is 6.04 Å². The van der Waals surface area contributed by atoms with Gasteiger partial charge in [-0.2, -0.15) is 0 Å². The second kappa shape index (κ2) is 8.92. The molecule has 3 amide bonds. The Balaban J connectivity index is 1.42. The number of urea groups is 1. The highest BCUT2D eigenvalue weighted by molar-refractivity contribution is 7.15. The van der Waals surface area contributed by atoms with Crippen molar-refractivity contribution in [1.29, 1.82) is 0 Å². The van der Waals surface area contributed by atoms with E-state index in [1.165, 1.54) is 16.9 Å². The van der Waals surface area contributed by atoms with Crippen molar-refractivity contribution in [2.45, 2.75) is 26.4 Å². The quantitative estimate of drug-likeness (QED) is 0.814. The number of nitrogens with zero attached hydrogens (tertiary/aromatic N) is 4. The molecule has 1 atom stereocenters. The molecule has 9 heteroatoms. The van der Waals surface area contributed by atoms with Crippen LogP contribution in [0.3, 0.4) is 0 Å². The number of benzene rings is 1. The molecule has 1 aliphatic heterocycles. The molecule has 27 heavy (non-hydrogen) atoms. The molecule has 2 heterocycles. The fourth-order valence-corrected chi connectivity index (χ4v) is 3.45. The molecule has 1 fully saturated rings. The minimum absolute atomic E-state index is 0.217. The lowest BCUT2D eigenvalue weighted by atomic mass is 10.2. The molecule has 8 nitrogen and oxygen atoms in total. The van der Waals surface area contributed by atoms with Gasteiger partial charge < -0.3 is 10.2 Å². The number of aryl methyl sites for hydroxylation is 1. The number of anilines is 1. The van der Waals surface area contributed by atoms with E-state index in [2.05, 4.69) is 37.9 Å². The number of hydrogen-bond donors (Lipinski definition) is 2. The van der Waals surface area contributed by atoms with E-state index in [4.69, 9.17) is 0 Å². The molecule has 1 saturated heterocycles. The van der Waals surface area contributed by atoms with Gasteiger partial charge in [0.25, 0.3) is 0 Å². The lowest BCUT2D eigenvalue weighted by molar-refractivity contribution is -0.117. The van der Waals surface area contributed by atoms with Gasteiger partial charge in [-0.05, 0) is 19.4 Å². The standard InChI is InChI=1S/C18H24N6O2S/c1-13(16(25)20-17-22-21-14(2)27-17)19-18(26)24-10-8-23(9-11-24)12-15-6-4-3-5-7-15/h3-7,13H,8-12H2,1-2H3,(H,19,26)(H,20,22,25). The maximum atomic E-state index is 12.4. The molecule has 1 aromatic carbocycles. The number of amides is 3. The first kappa shape index (κ1) is 19.2. The Morgan fingerprint density at radius 1 is 1.15 bits per heavy atom. The summed E-state index contributed by atoms with van der Waals surface area (Å²) in [5.41, 5.74) is 1.27. The number of carbonyl (C=O) groups is 2. The lowest BCUT2D eigenvalue weighted by Crippen LogP contribution is -2.54. The van der Waals surface area contributed by atoms with E-state index in [1.54, 1.807) is 11.8 Å². The van der Waals surface area contributed by atoms with Crippen molar-refractivity contribution in [1.82, 2.24) is 25.3 Å². The second-order valence-electron chi connectivity index (χ2n) is 6.54. The van der Waals surface area contributed by atoms with Crippen LogP contribution in [0.2, 0.25) is 0 Å². The topological polar surface area (TPSA) is 90.5 Å². The van der Waals surface area contributed by atoms with Gasteiger partial charge in [-0.15, -0.1) is 10.2 Å². The van der Waals surface area contributed by atoms with Gasteiger partial charge in [-0.25, -0.2) is 4.79 Å². The average Bonchev–Trinajstić information content (AvgIpc) is 3.07. The van der Waals surface area contributed by atoms with Gasteiger partial charge in [0.15, 0.2) is 0 Å². The van der Waals surface area contributed by atoms with Crippen LogP contribution in [-0.4, -0.2) is 64.2 Å². The Morgan fingerprint density at radius 3 is 2.48 bits per heavy atom. The third kappa shape index (κ3) is 5.48. The number of hydrogen-bond acceptors (Lipinski definition) is 6. The molecule has 0 spiro atoms. The van der Waals surface area contributed by atoms with Gasteiger partial charge in [-0.1, -0.05) is 41.7 Å². The van der Waals surface area contributed by atoms with E-state index >= 15 is 0 Å². The minimum atomic E-state index is -0.649. The molecular weight excluding hydrogens is 364 g/mol. The smallest absolute Gasteiger partial charge is 0.318 e. The molecule has 144 valence electrons. The summed E-state index contributed by atoms with van der Waals surface area (Å²) in [5, 5.41) is 14.3. The Hall–Kier alpha value is -2.52. The zero-order valence-electron chi connectivity index (χ0n) is 15.5. The van der Waals surface area contributed by atoms with Crippen molar-refractivity contribution >= 4 is 28.4 Å². The maximum absolute atomic E-state index is 12.4. The van der Waals surface area contributed by atoms with Crippen LogP contribution < -0.4 is 10.6 Å². The number of aromatic nitrogens is 2. The van der Waals surface area contributed by atoms with Gasteiger partial charge in [0, 0.05) is 32.7 Å². The highest BCUT2D eigenvalue weighted by Crippen LogP contribution is 2.14. The van der Waals surface area contributed by atoms with Crippen molar-refractivity contribution in [3.8, 4) is 0 Å². The molecule has 1 aliphatic rings. The Morgan fingerprint density at radius 2 is 1.85 bits per heavy atom. The molecule has 2 N–H and O–H groups in total. The predicted molar refractivity (Wildman–Crippen MR) is 105 cm³/mol. The van der Waals surface area contributed by atoms with E-state index in [0.717, 1.165) is 24.6 Å². The van der Waals surface area contributed by atoms with Crippen LogP contribution in [0.5, 0.6) is 0 Å². The number of rotatable bonds is 5. The van der Waals surface area contributed by atoms with Gasteiger partial charge in [0.1, 0.15) is 11.0 Å². The highest BCUT2D eigenvalue weighted by atomic mass is 32.1. The third-order valence-electron chi connectivity index (χ3n) is 4.40. The number of piperazine rings is 1. The summed E-state index contributed by atoms with van der Waals surface area (Å²) >= 11 is 1.30. The Bertz CT molecular complexity index is 773. The molecule has 1 unspecified atom stereocenters. The minimum Gasteiger partial charge on any atom is -0.326 e. The molecule has 0 saturated carbocycles. The average molecular weight is 388 g/mol. The molecule has 0 bridgehead atoms. The highest BCUT2D eigenvalue weighted by Gasteiger charge is 2.24. The summed E-state index contributed by atoms with van der Waals surface area (Å²) in [6.07, 6.45) is 0. The first-order valence-corrected chi connectivity index (χ1v) is 9.75. The van der Waals surface area contributed by atoms with Crippen molar-refractivity contribution < 1.29 is 9.59 Å². The summed E-state index contributed by atoms with van der Waals surface area (Å²) in [6, 6.07) is 9.44. The van der Waals surface area contributed by atoms with E-state index in [-0.39, 0.29) is 11.9 Å². The van der Waals surface area contributed by atoms with Gasteiger partial charge in [0.2, 0.25) is 11.0 Å². The summed E-state index contributed by atoms with van der Waals surface area (Å²) in [7, 11) is 0. The van der Waals surface area contributed by atoms with Crippen LogP contribution >= 0.6 is 11.3 Å². The zero-order valence-corrected chi connectivity index (χ0v) is 16.3. The first-order valence-electron chi connectivity index (χ1n) is 8.94. The van der Waals surface area contributed by atoms with Crippen LogP contribution in [0.1, 0.15) is 17.5 Å². The third-order valence-corrected chi connectivity index (χ3v) is 5.15. The van der Waals surface area contributed by atoms with E-state index in [1.807, 2.05) is 25.1 Å². The van der Waals surface area contributed by atoms with Gasteiger partial charge >= 0.3 is 6.03 Å². The van der Waals surface area contributed by atoms with E-state index in [9.17, 15) is 9.59 Å². The SMILES string of the molecule is Cc1nnc(NC(=O)C(C)NC(=O)N2CCN(Cc3ccccc3)CC2)s1. The summed E-state index contributed by atoms with van der Waals surface area (Å²) in [6.45, 7) is 7.27.